The van der Waals surface area contributed by atoms with E-state index in [-0.39, 0.29) is 22.7 Å². The lowest BCUT2D eigenvalue weighted by Gasteiger charge is -2.08. The van der Waals surface area contributed by atoms with Gasteiger partial charge in [-0.15, -0.1) is 10.2 Å². The molecule has 2 aromatic rings. The third-order valence-corrected chi connectivity index (χ3v) is 2.25. The van der Waals surface area contributed by atoms with Gasteiger partial charge < -0.3 is 9.73 Å². The van der Waals surface area contributed by atoms with Crippen LogP contribution in [-0.2, 0) is 0 Å². The summed E-state index contributed by atoms with van der Waals surface area (Å²) in [5.74, 6) is 0.0454. The number of carbonyl (C=O) groups is 1. The van der Waals surface area contributed by atoms with Crippen molar-refractivity contribution < 1.29 is 9.21 Å². The fourth-order valence-electron chi connectivity index (χ4n) is 1.15. The van der Waals surface area contributed by atoms with Gasteiger partial charge in [0, 0.05) is 0 Å². The van der Waals surface area contributed by atoms with Crippen LogP contribution in [0.3, 0.4) is 0 Å². The molecule has 2 aromatic heterocycles. The molecular formula is C8H8ClN5O2. The van der Waals surface area contributed by atoms with E-state index < -0.39 is 0 Å². The molecule has 1 atom stereocenters. The van der Waals surface area contributed by atoms with Crippen LogP contribution >= 0.6 is 11.6 Å². The summed E-state index contributed by atoms with van der Waals surface area (Å²) in [5, 5.41) is 15.9. The molecule has 8 heteroatoms. The van der Waals surface area contributed by atoms with Gasteiger partial charge in [0.1, 0.15) is 0 Å². The minimum absolute atomic E-state index is 0.0535. The summed E-state index contributed by atoms with van der Waals surface area (Å²) >= 11 is 5.67. The minimum atomic E-state index is -0.364. The number of amides is 1. The van der Waals surface area contributed by atoms with Gasteiger partial charge in [-0.05, 0) is 24.6 Å². The zero-order valence-corrected chi connectivity index (χ0v) is 9.02. The van der Waals surface area contributed by atoms with Crippen molar-refractivity contribution in [1.29, 1.82) is 0 Å². The minimum Gasteiger partial charge on any atom is -0.452 e. The summed E-state index contributed by atoms with van der Waals surface area (Å²) < 4.78 is 4.81. The van der Waals surface area contributed by atoms with Crippen LogP contribution in [0.1, 0.15) is 29.1 Å². The van der Waals surface area contributed by atoms with Crippen molar-refractivity contribution in [3.8, 4) is 0 Å². The second kappa shape index (κ2) is 4.31. The Morgan fingerprint density at radius 1 is 1.69 bits per heavy atom. The van der Waals surface area contributed by atoms with Crippen molar-refractivity contribution in [2.24, 2.45) is 0 Å². The number of nitrogens with zero attached hydrogens (tertiary/aromatic N) is 3. The molecule has 2 N–H and O–H groups in total. The highest BCUT2D eigenvalue weighted by molar-refractivity contribution is 6.32. The predicted octanol–water partition coefficient (Wildman–Crippen LogP) is 0.937. The Balaban J connectivity index is 2.06. The molecule has 0 saturated carbocycles. The molecule has 0 aliphatic carbocycles. The molecule has 0 aliphatic heterocycles. The molecule has 84 valence electrons. The summed E-state index contributed by atoms with van der Waals surface area (Å²) in [4.78, 5) is 11.7. The maximum atomic E-state index is 11.7. The number of tetrazole rings is 1. The Hall–Kier alpha value is -1.89. The molecule has 0 aromatic carbocycles. The fraction of sp³-hybridized carbons (Fsp3) is 0.250. The number of nitrogens with one attached hydrogen (secondary N) is 2. The van der Waals surface area contributed by atoms with Gasteiger partial charge in [-0.3, -0.25) is 4.79 Å². The molecule has 0 aliphatic rings. The second-order valence-corrected chi connectivity index (χ2v) is 3.42. The Labute approximate surface area is 95.2 Å². The average molecular weight is 242 g/mol. The van der Waals surface area contributed by atoms with E-state index in [1.165, 1.54) is 12.3 Å². The lowest BCUT2D eigenvalue weighted by molar-refractivity contribution is 0.0938. The molecule has 2 heterocycles. The summed E-state index contributed by atoms with van der Waals surface area (Å²) in [6.07, 6.45) is 1.34. The first-order chi connectivity index (χ1) is 7.68. The molecule has 0 bridgehead atoms. The smallest absolute Gasteiger partial charge is 0.256 e. The highest BCUT2D eigenvalue weighted by atomic mass is 35.5. The molecule has 0 saturated heterocycles. The van der Waals surface area contributed by atoms with E-state index in [9.17, 15) is 4.79 Å². The van der Waals surface area contributed by atoms with Gasteiger partial charge in [-0.2, -0.15) is 5.21 Å². The first-order valence-electron chi connectivity index (χ1n) is 4.45. The molecule has 2 rings (SSSR count). The largest absolute Gasteiger partial charge is 0.452 e. The van der Waals surface area contributed by atoms with Crippen molar-refractivity contribution in [2.45, 2.75) is 13.0 Å². The maximum Gasteiger partial charge on any atom is 0.256 e. The summed E-state index contributed by atoms with van der Waals surface area (Å²) in [5.41, 5.74) is 0.275. The zero-order chi connectivity index (χ0) is 11.5. The third kappa shape index (κ3) is 2.03. The summed E-state index contributed by atoms with van der Waals surface area (Å²) in [6, 6.07) is 1.12. The van der Waals surface area contributed by atoms with Gasteiger partial charge in [-0.1, -0.05) is 5.21 Å². The normalized spacial score (nSPS) is 12.4. The topological polar surface area (TPSA) is 96.7 Å². The molecule has 7 nitrogen and oxygen atoms in total. The number of rotatable bonds is 3. The van der Waals surface area contributed by atoms with Crippen LogP contribution < -0.4 is 5.32 Å². The van der Waals surface area contributed by atoms with Gasteiger partial charge in [0.2, 0.25) is 5.22 Å². The lowest BCUT2D eigenvalue weighted by Crippen LogP contribution is -2.27. The van der Waals surface area contributed by atoms with Crippen LogP contribution in [0.5, 0.6) is 0 Å². The van der Waals surface area contributed by atoms with E-state index in [4.69, 9.17) is 16.0 Å². The van der Waals surface area contributed by atoms with Crippen LogP contribution in [-0.4, -0.2) is 26.5 Å². The van der Waals surface area contributed by atoms with E-state index in [1.807, 2.05) is 0 Å². The summed E-state index contributed by atoms with van der Waals surface area (Å²) in [6.45, 7) is 1.73. The van der Waals surface area contributed by atoms with Crippen molar-refractivity contribution in [1.82, 2.24) is 25.9 Å². The van der Waals surface area contributed by atoms with E-state index in [0.29, 0.717) is 5.82 Å². The van der Waals surface area contributed by atoms with Crippen LogP contribution in [0.25, 0.3) is 0 Å². The molecule has 1 unspecified atom stereocenters. The van der Waals surface area contributed by atoms with Crippen LogP contribution in [0.2, 0.25) is 5.22 Å². The molecule has 16 heavy (non-hydrogen) atoms. The van der Waals surface area contributed by atoms with Crippen LogP contribution in [0, 0.1) is 0 Å². The second-order valence-electron chi connectivity index (χ2n) is 3.07. The highest BCUT2D eigenvalue weighted by Gasteiger charge is 2.18. The van der Waals surface area contributed by atoms with Gasteiger partial charge in [0.25, 0.3) is 5.91 Å². The van der Waals surface area contributed by atoms with Gasteiger partial charge in [-0.25, -0.2) is 0 Å². The van der Waals surface area contributed by atoms with Gasteiger partial charge in [0.15, 0.2) is 5.82 Å². The highest BCUT2D eigenvalue weighted by Crippen LogP contribution is 2.17. The predicted molar refractivity (Wildman–Crippen MR) is 53.8 cm³/mol. The molecule has 0 fully saturated rings. The first kappa shape index (κ1) is 10.6. The Bertz CT molecular complexity index is 480. The number of aromatic nitrogens is 4. The third-order valence-electron chi connectivity index (χ3n) is 1.96. The maximum absolute atomic E-state index is 11.7. The van der Waals surface area contributed by atoms with E-state index in [2.05, 4.69) is 25.9 Å². The standard InChI is InChI=1S/C8H8ClN5O2/c1-4(7-11-13-14-12-7)10-8(15)5-2-3-16-6(5)9/h2-4H,1H3,(H,10,15)(H,11,12,13,14). The summed E-state index contributed by atoms with van der Waals surface area (Å²) in [7, 11) is 0. The van der Waals surface area contributed by atoms with Crippen LogP contribution in [0.4, 0.5) is 0 Å². The number of carbonyl (C=O) groups excluding carboxylic acids is 1. The Morgan fingerprint density at radius 3 is 3.06 bits per heavy atom. The monoisotopic (exact) mass is 241 g/mol. The van der Waals surface area contributed by atoms with Crippen LogP contribution in [0.15, 0.2) is 16.7 Å². The van der Waals surface area contributed by atoms with Crippen molar-refractivity contribution in [3.63, 3.8) is 0 Å². The molecule has 0 spiro atoms. The average Bonchev–Trinajstić information content (AvgIpc) is 2.86. The number of aromatic amines is 1. The molecular weight excluding hydrogens is 234 g/mol. The quantitative estimate of drug-likeness (QED) is 0.833. The Kier molecular flexibility index (Phi) is 2.86. The van der Waals surface area contributed by atoms with Gasteiger partial charge in [0.05, 0.1) is 17.9 Å². The number of hydrogen-bond acceptors (Lipinski definition) is 5. The van der Waals surface area contributed by atoms with Crippen molar-refractivity contribution in [3.05, 3.63) is 28.9 Å². The number of furan rings is 1. The molecule has 1 amide bonds. The number of hydrogen-bond donors (Lipinski definition) is 2. The van der Waals surface area contributed by atoms with E-state index in [0.717, 1.165) is 0 Å². The lowest BCUT2D eigenvalue weighted by atomic mass is 10.2. The van der Waals surface area contributed by atoms with Crippen molar-refractivity contribution in [2.75, 3.05) is 0 Å². The van der Waals surface area contributed by atoms with E-state index in [1.54, 1.807) is 6.92 Å². The number of halogens is 1. The number of H-pyrrole nitrogens is 1. The first-order valence-corrected chi connectivity index (χ1v) is 4.83. The SMILES string of the molecule is CC(NC(=O)c1ccoc1Cl)c1nn[nH]n1. The van der Waals surface area contributed by atoms with Crippen molar-refractivity contribution >= 4 is 17.5 Å². The van der Waals surface area contributed by atoms with E-state index >= 15 is 0 Å². The Morgan fingerprint density at radius 2 is 2.50 bits per heavy atom. The van der Waals surface area contributed by atoms with Gasteiger partial charge >= 0.3 is 0 Å². The molecule has 0 radical (unpaired) electrons. The zero-order valence-electron chi connectivity index (χ0n) is 8.27. The fourth-order valence-corrected chi connectivity index (χ4v) is 1.35.